The Labute approximate surface area is 420 Å². The summed E-state index contributed by atoms with van der Waals surface area (Å²) in [6, 6.07) is 73.9. The summed E-state index contributed by atoms with van der Waals surface area (Å²) in [4.78, 5) is 15.8. The van der Waals surface area contributed by atoms with Gasteiger partial charge in [-0.05, 0) is 77.7 Å². The Kier molecular flexibility index (Phi) is 10.3. The van der Waals surface area contributed by atoms with Gasteiger partial charge in [0, 0.05) is 53.9 Å². The lowest BCUT2D eigenvalue weighted by Crippen LogP contribution is -2.03. The minimum atomic E-state index is 0.464. The lowest BCUT2D eigenvalue weighted by Gasteiger charge is -2.15. The first-order valence-corrected chi connectivity index (χ1v) is 24.8. The van der Waals surface area contributed by atoms with Gasteiger partial charge in [0.2, 0.25) is 0 Å². The quantitative estimate of drug-likeness (QED) is 0.145. The van der Waals surface area contributed by atoms with Crippen LogP contribution in [0.2, 0.25) is 0 Å². The fourth-order valence-electron chi connectivity index (χ4n) is 10.6. The summed E-state index contributed by atoms with van der Waals surface area (Å²) in [5.41, 5.74) is 14.0. The molecule has 338 valence electrons. The molecule has 0 fully saturated rings. The van der Waals surface area contributed by atoms with E-state index in [9.17, 15) is 5.26 Å². The van der Waals surface area contributed by atoms with Crippen LogP contribution in [0.5, 0.6) is 0 Å². The van der Waals surface area contributed by atoms with Crippen LogP contribution in [0.15, 0.2) is 219 Å². The first kappa shape index (κ1) is 42.6. The van der Waals surface area contributed by atoms with Crippen molar-refractivity contribution in [3.63, 3.8) is 0 Å². The molecule has 0 radical (unpaired) electrons. The Bertz CT molecular complexity index is 4280. The van der Waals surface area contributed by atoms with Crippen LogP contribution in [0.3, 0.4) is 0 Å². The Morgan fingerprint density at radius 3 is 1.76 bits per heavy atom. The van der Waals surface area contributed by atoms with E-state index < -0.39 is 0 Å². The van der Waals surface area contributed by atoms with Crippen LogP contribution in [0.25, 0.3) is 133 Å². The first-order chi connectivity index (χ1) is 35.6. The van der Waals surface area contributed by atoms with Crippen molar-refractivity contribution in [2.45, 2.75) is 6.92 Å². The van der Waals surface area contributed by atoms with Crippen molar-refractivity contribution < 1.29 is 0 Å². The van der Waals surface area contributed by atoms with Crippen molar-refractivity contribution in [1.82, 2.24) is 24.1 Å². The van der Waals surface area contributed by atoms with Gasteiger partial charge in [0.25, 0.3) is 0 Å². The Hall–Kier alpha value is -9.48. The number of aromatic nitrogens is 5. The minimum absolute atomic E-state index is 0.464. The van der Waals surface area contributed by atoms with Crippen molar-refractivity contribution in [1.29, 1.82) is 5.26 Å². The average Bonchev–Trinajstić information content (AvgIpc) is 4.11. The second-order valence-corrected chi connectivity index (χ2v) is 18.8. The molecule has 13 aromatic rings. The van der Waals surface area contributed by atoms with Crippen molar-refractivity contribution in [3.8, 4) is 73.9 Å². The van der Waals surface area contributed by atoms with E-state index in [1.165, 1.54) is 20.2 Å². The molecule has 0 saturated carbocycles. The predicted octanol–water partition coefficient (Wildman–Crippen LogP) is 17.2. The van der Waals surface area contributed by atoms with Gasteiger partial charge < -0.3 is 9.13 Å². The van der Waals surface area contributed by atoms with E-state index in [2.05, 4.69) is 168 Å². The van der Waals surface area contributed by atoms with E-state index in [0.717, 1.165) is 88.7 Å². The van der Waals surface area contributed by atoms with Crippen LogP contribution in [0.4, 0.5) is 0 Å². The van der Waals surface area contributed by atoms with Crippen LogP contribution in [0.1, 0.15) is 23.7 Å². The van der Waals surface area contributed by atoms with Crippen molar-refractivity contribution in [3.05, 3.63) is 236 Å². The predicted molar refractivity (Wildman–Crippen MR) is 301 cm³/mol. The SMILES string of the molecule is C=Cc1c(/C=C\C)n(-c2cccc3c2sc2ccccc23)c2ccc3c4ccccc4n(-c4ccc(-c5nc(-c6ccccc6-c6ccccc6)nc(-c6ccccc6-c6ccccc6)n5)cc4C#N)c3c12. The molecule has 72 heavy (non-hydrogen) atoms. The molecule has 0 saturated heterocycles. The van der Waals surface area contributed by atoms with Gasteiger partial charge in [-0.15, -0.1) is 11.3 Å². The Balaban J connectivity index is 1.05. The van der Waals surface area contributed by atoms with E-state index in [0.29, 0.717) is 28.6 Å². The van der Waals surface area contributed by atoms with Gasteiger partial charge in [-0.2, -0.15) is 5.26 Å². The lowest BCUT2D eigenvalue weighted by atomic mass is 9.98. The number of allylic oxidation sites excluding steroid dienone is 1. The van der Waals surface area contributed by atoms with Crippen molar-refractivity contribution in [2.75, 3.05) is 0 Å². The molecule has 0 aliphatic rings. The molecular weight excluding hydrogens is 897 g/mol. The standard InChI is InChI=1S/C65H42N6S/c1-3-20-55-45(4-2)60-57(70(55)58-33-19-31-51-49-28-16-18-34-59(49)72-62(51)58)38-36-50-48-27-15-17-32-56(48)71(61(50)60)54-37-35-43(39-44(54)40-66)63-67-64(52-29-13-11-25-46(52)41-21-7-5-8-22-41)69-65(68-63)53-30-14-12-26-47(53)42-23-9-6-10-24-42/h3-39H,2H2,1H3/b20-3-. The largest absolute Gasteiger partial charge is 0.308 e. The van der Waals surface area contributed by atoms with Crippen LogP contribution in [-0.2, 0) is 0 Å². The van der Waals surface area contributed by atoms with Crippen LogP contribution < -0.4 is 0 Å². The molecule has 0 unspecified atom stereocenters. The summed E-state index contributed by atoms with van der Waals surface area (Å²) in [7, 11) is 0. The van der Waals surface area contributed by atoms with Gasteiger partial charge in [0.15, 0.2) is 17.5 Å². The van der Waals surface area contributed by atoms with Crippen molar-refractivity contribution in [2.24, 2.45) is 0 Å². The molecule has 9 aromatic carbocycles. The van der Waals surface area contributed by atoms with Crippen LogP contribution in [0, 0.1) is 11.3 Å². The number of rotatable bonds is 9. The summed E-state index contributed by atoms with van der Waals surface area (Å²) >= 11 is 1.82. The second-order valence-electron chi connectivity index (χ2n) is 17.8. The molecule has 0 amide bonds. The third-order valence-electron chi connectivity index (χ3n) is 13.8. The van der Waals surface area contributed by atoms with Crippen LogP contribution in [-0.4, -0.2) is 24.1 Å². The number of hydrogen-bond donors (Lipinski definition) is 0. The summed E-state index contributed by atoms with van der Waals surface area (Å²) < 4.78 is 7.13. The van der Waals surface area contributed by atoms with Gasteiger partial charge in [0.1, 0.15) is 6.07 Å². The molecular formula is C65H42N6S. The number of benzene rings is 9. The molecule has 0 spiro atoms. The zero-order chi connectivity index (χ0) is 48.3. The van der Waals surface area contributed by atoms with E-state index in [-0.39, 0.29) is 0 Å². The van der Waals surface area contributed by atoms with Gasteiger partial charge in [0.05, 0.1) is 43.9 Å². The van der Waals surface area contributed by atoms with Gasteiger partial charge >= 0.3 is 0 Å². The summed E-state index contributed by atoms with van der Waals surface area (Å²) in [5.74, 6) is 1.54. The topological polar surface area (TPSA) is 72.3 Å². The molecule has 0 aliphatic carbocycles. The maximum atomic E-state index is 11.3. The lowest BCUT2D eigenvalue weighted by molar-refractivity contribution is 1.07. The van der Waals surface area contributed by atoms with E-state index in [4.69, 9.17) is 15.0 Å². The fraction of sp³-hybridized carbons (Fsp3) is 0.0154. The monoisotopic (exact) mass is 938 g/mol. The van der Waals surface area contributed by atoms with Gasteiger partial charge in [-0.25, -0.2) is 15.0 Å². The summed E-state index contributed by atoms with van der Waals surface area (Å²) in [5, 5.41) is 17.0. The highest BCUT2D eigenvalue weighted by molar-refractivity contribution is 7.26. The molecule has 7 heteroatoms. The highest BCUT2D eigenvalue weighted by atomic mass is 32.1. The van der Waals surface area contributed by atoms with E-state index >= 15 is 0 Å². The zero-order valence-corrected chi connectivity index (χ0v) is 40.0. The maximum absolute atomic E-state index is 11.3. The van der Waals surface area contributed by atoms with Crippen LogP contribution >= 0.6 is 11.3 Å². The second kappa shape index (κ2) is 17.5. The Morgan fingerprint density at radius 2 is 1.10 bits per heavy atom. The molecule has 0 aliphatic heterocycles. The number of thiophene rings is 1. The highest BCUT2D eigenvalue weighted by Crippen LogP contribution is 2.45. The van der Waals surface area contributed by atoms with E-state index in [1.807, 2.05) is 96.3 Å². The van der Waals surface area contributed by atoms with Gasteiger partial charge in [-0.1, -0.05) is 183 Å². The number of fused-ring (bicyclic) bond motifs is 8. The minimum Gasteiger partial charge on any atom is -0.308 e. The number of hydrogen-bond acceptors (Lipinski definition) is 5. The highest BCUT2D eigenvalue weighted by Gasteiger charge is 2.26. The van der Waals surface area contributed by atoms with Crippen molar-refractivity contribution >= 4 is 76.4 Å². The molecule has 0 atom stereocenters. The summed E-state index contributed by atoms with van der Waals surface area (Å²) in [6.07, 6.45) is 6.27. The fourth-order valence-corrected chi connectivity index (χ4v) is 11.8. The molecule has 0 bridgehead atoms. The number of nitriles is 1. The third-order valence-corrected chi connectivity index (χ3v) is 15.0. The number of nitrogens with zero attached hydrogens (tertiary/aromatic N) is 6. The van der Waals surface area contributed by atoms with Gasteiger partial charge in [-0.3, -0.25) is 0 Å². The summed E-state index contributed by atoms with van der Waals surface area (Å²) in [6.45, 7) is 6.51. The van der Waals surface area contributed by atoms with E-state index in [1.54, 1.807) is 0 Å². The smallest absolute Gasteiger partial charge is 0.164 e. The Morgan fingerprint density at radius 1 is 0.500 bits per heavy atom. The maximum Gasteiger partial charge on any atom is 0.164 e. The normalized spacial score (nSPS) is 11.7. The molecule has 0 N–H and O–H groups in total. The zero-order valence-electron chi connectivity index (χ0n) is 39.2. The third kappa shape index (κ3) is 6.80. The average molecular weight is 939 g/mol. The number of para-hydroxylation sites is 1. The molecule has 6 nitrogen and oxygen atoms in total. The molecule has 4 aromatic heterocycles. The molecule has 13 rings (SSSR count). The molecule has 4 heterocycles. The first-order valence-electron chi connectivity index (χ1n) is 24.0.